The molecule has 10 heteroatoms. The van der Waals surface area contributed by atoms with Crippen molar-refractivity contribution in [1.29, 1.82) is 0 Å². The van der Waals surface area contributed by atoms with E-state index in [4.69, 9.17) is 11.6 Å². The number of urea groups is 1. The molecule has 0 bridgehead atoms. The maximum Gasteiger partial charge on any atom is 0.315 e. The van der Waals surface area contributed by atoms with Gasteiger partial charge in [-0.1, -0.05) is 74.8 Å². The van der Waals surface area contributed by atoms with Gasteiger partial charge in [-0.15, -0.1) is 0 Å². The maximum atomic E-state index is 14.0. The fraction of sp³-hybridized carbons (Fsp3) is 0.385. The summed E-state index contributed by atoms with van der Waals surface area (Å²) >= 11 is 5.74. The summed E-state index contributed by atoms with van der Waals surface area (Å²) < 4.78 is 14.0. The van der Waals surface area contributed by atoms with Gasteiger partial charge in [0.25, 0.3) is 5.91 Å². The Balaban J connectivity index is 1.96. The lowest BCUT2D eigenvalue weighted by molar-refractivity contribution is -0.140. The average Bonchev–Trinajstić information content (AvgIpc) is 2.86. The number of benzene rings is 2. The summed E-state index contributed by atoms with van der Waals surface area (Å²) in [6, 6.07) is 11.1. The number of hydrogen-bond donors (Lipinski definition) is 4. The third kappa shape index (κ3) is 8.96. The van der Waals surface area contributed by atoms with E-state index in [2.05, 4.69) is 21.3 Å². The minimum atomic E-state index is -1.11. The SMILES string of the molecule is CCC(NC(=O)[C@H](CC(C)C)NC(=O)NCc1ccccc1)C(=O)C(=O)NCc1cccc(Cl)c1F. The van der Waals surface area contributed by atoms with Crippen LogP contribution in [-0.2, 0) is 27.5 Å². The fourth-order valence-corrected chi connectivity index (χ4v) is 3.62. The van der Waals surface area contributed by atoms with Gasteiger partial charge in [0.1, 0.15) is 11.9 Å². The summed E-state index contributed by atoms with van der Waals surface area (Å²) in [6.07, 6.45) is 0.480. The summed E-state index contributed by atoms with van der Waals surface area (Å²) in [6.45, 7) is 5.49. The van der Waals surface area contributed by atoms with Gasteiger partial charge in [0.2, 0.25) is 11.7 Å². The van der Waals surface area contributed by atoms with Crippen molar-refractivity contribution in [2.75, 3.05) is 0 Å². The van der Waals surface area contributed by atoms with E-state index in [1.54, 1.807) is 6.92 Å². The van der Waals surface area contributed by atoms with Crippen LogP contribution in [0.2, 0.25) is 5.02 Å². The number of carbonyl (C=O) groups excluding carboxylic acids is 4. The zero-order chi connectivity index (χ0) is 26.7. The highest BCUT2D eigenvalue weighted by Gasteiger charge is 2.29. The first kappa shape index (κ1) is 28.8. The van der Waals surface area contributed by atoms with E-state index in [9.17, 15) is 23.6 Å². The molecular weight excluding hydrogens is 487 g/mol. The monoisotopic (exact) mass is 518 g/mol. The largest absolute Gasteiger partial charge is 0.345 e. The van der Waals surface area contributed by atoms with E-state index in [-0.39, 0.29) is 36.0 Å². The van der Waals surface area contributed by atoms with Gasteiger partial charge in [0, 0.05) is 18.7 Å². The number of nitrogens with one attached hydrogen (secondary N) is 4. The molecule has 1 unspecified atom stereocenters. The molecule has 4 N–H and O–H groups in total. The molecule has 0 aliphatic carbocycles. The van der Waals surface area contributed by atoms with Gasteiger partial charge >= 0.3 is 6.03 Å². The van der Waals surface area contributed by atoms with Crippen LogP contribution in [0, 0.1) is 11.7 Å². The van der Waals surface area contributed by atoms with Gasteiger partial charge in [-0.05, 0) is 30.4 Å². The smallest absolute Gasteiger partial charge is 0.315 e. The average molecular weight is 519 g/mol. The predicted octanol–water partition coefficient (Wildman–Crippen LogP) is 3.47. The van der Waals surface area contributed by atoms with Crippen molar-refractivity contribution >= 4 is 35.2 Å². The normalized spacial score (nSPS) is 12.4. The Morgan fingerprint density at radius 3 is 2.22 bits per heavy atom. The van der Waals surface area contributed by atoms with Crippen molar-refractivity contribution in [3.63, 3.8) is 0 Å². The van der Waals surface area contributed by atoms with Crippen LogP contribution in [0.3, 0.4) is 0 Å². The molecule has 0 aliphatic heterocycles. The number of amides is 4. The zero-order valence-electron chi connectivity index (χ0n) is 20.6. The van der Waals surface area contributed by atoms with E-state index in [1.165, 1.54) is 18.2 Å². The lowest BCUT2D eigenvalue weighted by Crippen LogP contribution is -2.55. The standard InChI is InChI=1S/C26H32ClFN4O4/c1-4-20(23(33)25(35)29-15-18-11-8-12-19(27)22(18)28)31-24(34)21(13-16(2)3)32-26(36)30-14-17-9-6-5-7-10-17/h5-12,16,20-21H,4,13-15H2,1-3H3,(H,29,35)(H,31,34)(H2,30,32,36)/t20?,21-/m0/s1. The van der Waals surface area contributed by atoms with Crippen LogP contribution in [-0.4, -0.2) is 35.7 Å². The third-order valence-electron chi connectivity index (χ3n) is 5.36. The Morgan fingerprint density at radius 1 is 0.889 bits per heavy atom. The van der Waals surface area contributed by atoms with Crippen molar-refractivity contribution in [2.24, 2.45) is 5.92 Å². The molecule has 0 fully saturated rings. The Hall–Kier alpha value is -3.46. The predicted molar refractivity (Wildman–Crippen MR) is 136 cm³/mol. The summed E-state index contributed by atoms with van der Waals surface area (Å²) in [5, 5.41) is 10.2. The number of ketones is 1. The van der Waals surface area contributed by atoms with Crippen molar-refractivity contribution in [3.8, 4) is 0 Å². The van der Waals surface area contributed by atoms with E-state index in [0.717, 1.165) is 5.56 Å². The lowest BCUT2D eigenvalue weighted by Gasteiger charge is -2.23. The second-order valence-corrected chi connectivity index (χ2v) is 9.13. The molecule has 0 saturated heterocycles. The highest BCUT2D eigenvalue weighted by Crippen LogP contribution is 2.17. The summed E-state index contributed by atoms with van der Waals surface area (Å²) in [5.41, 5.74) is 1.03. The molecule has 2 aromatic carbocycles. The first-order valence-electron chi connectivity index (χ1n) is 11.8. The number of hydrogen-bond acceptors (Lipinski definition) is 4. The number of Topliss-reactive ketones (excluding diaryl/α,β-unsaturated/α-hetero) is 1. The van der Waals surface area contributed by atoms with Crippen LogP contribution in [0.25, 0.3) is 0 Å². The Kier molecular flexibility index (Phi) is 11.3. The molecule has 4 amide bonds. The van der Waals surface area contributed by atoms with Gasteiger partial charge in [0.05, 0.1) is 11.1 Å². The molecule has 0 aromatic heterocycles. The summed E-state index contributed by atoms with van der Waals surface area (Å²) in [5.74, 6) is -3.02. The van der Waals surface area contributed by atoms with E-state index in [0.29, 0.717) is 6.42 Å². The maximum absolute atomic E-state index is 14.0. The minimum absolute atomic E-state index is 0.0712. The first-order valence-corrected chi connectivity index (χ1v) is 12.1. The summed E-state index contributed by atoms with van der Waals surface area (Å²) in [4.78, 5) is 50.4. The fourth-order valence-electron chi connectivity index (χ4n) is 3.42. The molecule has 0 spiro atoms. The number of halogens is 2. The number of rotatable bonds is 12. The molecule has 2 rings (SSSR count). The quantitative estimate of drug-likeness (QED) is 0.322. The lowest BCUT2D eigenvalue weighted by atomic mass is 10.0. The second-order valence-electron chi connectivity index (χ2n) is 8.72. The van der Waals surface area contributed by atoms with Crippen LogP contribution < -0.4 is 21.3 Å². The Labute approximate surface area is 215 Å². The van der Waals surface area contributed by atoms with Crippen molar-refractivity contribution in [2.45, 2.75) is 58.8 Å². The molecule has 2 aromatic rings. The molecule has 194 valence electrons. The molecule has 0 heterocycles. The van der Waals surface area contributed by atoms with Gasteiger partial charge in [-0.25, -0.2) is 9.18 Å². The van der Waals surface area contributed by atoms with E-state index in [1.807, 2.05) is 44.2 Å². The highest BCUT2D eigenvalue weighted by atomic mass is 35.5. The van der Waals surface area contributed by atoms with Gasteiger partial charge in [0.15, 0.2) is 0 Å². The van der Waals surface area contributed by atoms with Gasteiger partial charge in [-0.2, -0.15) is 0 Å². The highest BCUT2D eigenvalue weighted by molar-refractivity contribution is 6.38. The topological polar surface area (TPSA) is 116 Å². The molecular formula is C26H32ClFN4O4. The molecule has 2 atom stereocenters. The second kappa shape index (κ2) is 14.2. The first-order chi connectivity index (χ1) is 17.1. The van der Waals surface area contributed by atoms with Crippen LogP contribution in [0.15, 0.2) is 48.5 Å². The van der Waals surface area contributed by atoms with E-state index >= 15 is 0 Å². The Morgan fingerprint density at radius 2 is 1.58 bits per heavy atom. The van der Waals surface area contributed by atoms with Crippen LogP contribution in [0.4, 0.5) is 9.18 Å². The molecule has 0 aliphatic rings. The van der Waals surface area contributed by atoms with Gasteiger partial charge < -0.3 is 21.3 Å². The zero-order valence-corrected chi connectivity index (χ0v) is 21.3. The van der Waals surface area contributed by atoms with Crippen molar-refractivity contribution < 1.29 is 23.6 Å². The molecule has 0 radical (unpaired) electrons. The molecule has 8 nitrogen and oxygen atoms in total. The Bertz CT molecular complexity index is 1070. The summed E-state index contributed by atoms with van der Waals surface area (Å²) in [7, 11) is 0. The van der Waals surface area contributed by atoms with Gasteiger partial charge in [-0.3, -0.25) is 14.4 Å². The van der Waals surface area contributed by atoms with Crippen molar-refractivity contribution in [1.82, 2.24) is 21.3 Å². The molecule has 36 heavy (non-hydrogen) atoms. The number of carbonyl (C=O) groups is 4. The van der Waals surface area contributed by atoms with Crippen molar-refractivity contribution in [3.05, 3.63) is 70.5 Å². The van der Waals surface area contributed by atoms with E-state index < -0.39 is 41.5 Å². The van der Waals surface area contributed by atoms with Crippen LogP contribution in [0.1, 0.15) is 44.7 Å². The third-order valence-corrected chi connectivity index (χ3v) is 5.65. The van der Waals surface area contributed by atoms with Crippen LogP contribution in [0.5, 0.6) is 0 Å². The molecule has 0 saturated carbocycles. The minimum Gasteiger partial charge on any atom is -0.345 e. The van der Waals surface area contributed by atoms with Crippen LogP contribution >= 0.6 is 11.6 Å².